The minimum Gasteiger partial charge on any atom is -0.324 e. The fraction of sp³-hybridized carbons (Fsp3) is 0.143. The zero-order valence-electron chi connectivity index (χ0n) is 9.24. The fourth-order valence-electron chi connectivity index (χ4n) is 1.80. The summed E-state index contributed by atoms with van der Waals surface area (Å²) in [7, 11) is 0. The molecule has 88 valence electrons. The van der Waals surface area contributed by atoms with E-state index in [-0.39, 0.29) is 11.9 Å². The average Bonchev–Trinajstić information content (AvgIpc) is 2.29. The number of rotatable bonds is 3. The van der Waals surface area contributed by atoms with Crippen molar-refractivity contribution in [3.05, 3.63) is 69.9 Å². The average molecular weight is 294 g/mol. The lowest BCUT2D eigenvalue weighted by molar-refractivity contribution is 0.580. The van der Waals surface area contributed by atoms with Gasteiger partial charge in [-0.3, -0.25) is 0 Å². The SMILES string of the molecule is NC(Cc1cccc(Br)c1)c1ccccc1F. The third-order valence-electron chi connectivity index (χ3n) is 2.65. The van der Waals surface area contributed by atoms with E-state index in [1.165, 1.54) is 6.07 Å². The molecule has 0 aromatic heterocycles. The van der Waals surface area contributed by atoms with Crippen LogP contribution in [0.25, 0.3) is 0 Å². The van der Waals surface area contributed by atoms with Gasteiger partial charge in [-0.25, -0.2) is 4.39 Å². The van der Waals surface area contributed by atoms with Crippen molar-refractivity contribution in [2.45, 2.75) is 12.5 Å². The molecule has 1 unspecified atom stereocenters. The Kier molecular flexibility index (Phi) is 3.92. The van der Waals surface area contributed by atoms with Gasteiger partial charge in [0.05, 0.1) is 0 Å². The molecule has 0 heterocycles. The third-order valence-corrected chi connectivity index (χ3v) is 3.14. The van der Waals surface area contributed by atoms with Crippen molar-refractivity contribution in [1.29, 1.82) is 0 Å². The number of hydrogen-bond donors (Lipinski definition) is 1. The molecule has 1 atom stereocenters. The molecule has 0 fully saturated rings. The monoisotopic (exact) mass is 293 g/mol. The van der Waals surface area contributed by atoms with Crippen LogP contribution in [0.4, 0.5) is 4.39 Å². The molecule has 2 N–H and O–H groups in total. The topological polar surface area (TPSA) is 26.0 Å². The molecule has 0 aliphatic carbocycles. The van der Waals surface area contributed by atoms with Gasteiger partial charge in [0, 0.05) is 16.1 Å². The lowest BCUT2D eigenvalue weighted by Crippen LogP contribution is -2.14. The molecular weight excluding hydrogens is 281 g/mol. The minimum atomic E-state index is -0.314. The van der Waals surface area contributed by atoms with E-state index in [1.807, 2.05) is 24.3 Å². The first kappa shape index (κ1) is 12.3. The zero-order chi connectivity index (χ0) is 12.3. The second kappa shape index (κ2) is 5.43. The minimum absolute atomic E-state index is 0.241. The smallest absolute Gasteiger partial charge is 0.127 e. The lowest BCUT2D eigenvalue weighted by atomic mass is 9.99. The van der Waals surface area contributed by atoms with Crippen molar-refractivity contribution < 1.29 is 4.39 Å². The molecule has 0 saturated heterocycles. The summed E-state index contributed by atoms with van der Waals surface area (Å²) in [5.74, 6) is -0.241. The Hall–Kier alpha value is -1.19. The van der Waals surface area contributed by atoms with Gasteiger partial charge >= 0.3 is 0 Å². The molecule has 0 aliphatic heterocycles. The van der Waals surface area contributed by atoms with Gasteiger partial charge < -0.3 is 5.73 Å². The summed E-state index contributed by atoms with van der Waals surface area (Å²) in [4.78, 5) is 0. The van der Waals surface area contributed by atoms with Crippen LogP contribution in [0, 0.1) is 5.82 Å². The van der Waals surface area contributed by atoms with Crippen molar-refractivity contribution in [2.24, 2.45) is 5.73 Å². The predicted octanol–water partition coefficient (Wildman–Crippen LogP) is 3.83. The lowest BCUT2D eigenvalue weighted by Gasteiger charge is -2.13. The van der Waals surface area contributed by atoms with Gasteiger partial charge in [0.2, 0.25) is 0 Å². The van der Waals surface area contributed by atoms with Gasteiger partial charge in [0.25, 0.3) is 0 Å². The molecule has 0 aliphatic rings. The molecular formula is C14H13BrFN. The van der Waals surface area contributed by atoms with E-state index in [4.69, 9.17) is 5.73 Å². The van der Waals surface area contributed by atoms with Crippen LogP contribution >= 0.6 is 15.9 Å². The molecule has 0 radical (unpaired) electrons. The summed E-state index contributed by atoms with van der Waals surface area (Å²) < 4.78 is 14.5. The highest BCUT2D eigenvalue weighted by molar-refractivity contribution is 9.10. The van der Waals surface area contributed by atoms with Crippen LogP contribution in [0.1, 0.15) is 17.2 Å². The number of benzene rings is 2. The van der Waals surface area contributed by atoms with E-state index in [2.05, 4.69) is 15.9 Å². The zero-order valence-corrected chi connectivity index (χ0v) is 10.8. The van der Waals surface area contributed by atoms with E-state index in [9.17, 15) is 4.39 Å². The van der Waals surface area contributed by atoms with Crippen LogP contribution in [-0.2, 0) is 6.42 Å². The molecule has 17 heavy (non-hydrogen) atoms. The second-order valence-electron chi connectivity index (χ2n) is 3.96. The Morgan fingerprint density at radius 1 is 1.12 bits per heavy atom. The summed E-state index contributed by atoms with van der Waals surface area (Å²) in [6.07, 6.45) is 0.625. The molecule has 2 aromatic rings. The van der Waals surface area contributed by atoms with E-state index >= 15 is 0 Å². The summed E-state index contributed by atoms with van der Waals surface area (Å²) in [6, 6.07) is 14.2. The van der Waals surface area contributed by atoms with Crippen molar-refractivity contribution in [3.8, 4) is 0 Å². The van der Waals surface area contributed by atoms with Crippen molar-refractivity contribution in [1.82, 2.24) is 0 Å². The first-order valence-corrected chi connectivity index (χ1v) is 6.20. The number of nitrogens with two attached hydrogens (primary N) is 1. The highest BCUT2D eigenvalue weighted by atomic mass is 79.9. The van der Waals surface area contributed by atoms with Gasteiger partial charge in [-0.05, 0) is 30.2 Å². The maximum atomic E-state index is 13.5. The van der Waals surface area contributed by atoms with E-state index < -0.39 is 0 Å². The maximum Gasteiger partial charge on any atom is 0.127 e. The molecule has 2 aromatic carbocycles. The predicted molar refractivity (Wildman–Crippen MR) is 71.2 cm³/mol. The molecule has 0 bridgehead atoms. The number of halogens is 2. The van der Waals surface area contributed by atoms with Crippen molar-refractivity contribution >= 4 is 15.9 Å². The molecule has 0 saturated carbocycles. The Bertz CT molecular complexity index is 513. The fourth-order valence-corrected chi connectivity index (χ4v) is 2.25. The van der Waals surface area contributed by atoms with Gasteiger partial charge in [-0.15, -0.1) is 0 Å². The van der Waals surface area contributed by atoms with Crippen LogP contribution in [-0.4, -0.2) is 0 Å². The molecule has 0 spiro atoms. The van der Waals surface area contributed by atoms with Crippen LogP contribution < -0.4 is 5.73 Å². The van der Waals surface area contributed by atoms with Crippen LogP contribution in [0.5, 0.6) is 0 Å². The van der Waals surface area contributed by atoms with Crippen LogP contribution in [0.15, 0.2) is 53.0 Å². The summed E-state index contributed by atoms with van der Waals surface area (Å²) in [5, 5.41) is 0. The molecule has 3 heteroatoms. The largest absolute Gasteiger partial charge is 0.324 e. The van der Waals surface area contributed by atoms with E-state index in [1.54, 1.807) is 18.2 Å². The Balaban J connectivity index is 2.17. The first-order valence-electron chi connectivity index (χ1n) is 5.41. The number of hydrogen-bond acceptors (Lipinski definition) is 1. The highest BCUT2D eigenvalue weighted by Crippen LogP contribution is 2.20. The van der Waals surface area contributed by atoms with Gasteiger partial charge in [-0.1, -0.05) is 46.3 Å². The first-order chi connectivity index (χ1) is 8.16. The summed E-state index contributed by atoms with van der Waals surface area (Å²) >= 11 is 3.41. The Morgan fingerprint density at radius 2 is 1.88 bits per heavy atom. The third kappa shape index (κ3) is 3.14. The molecule has 2 rings (SSSR count). The van der Waals surface area contributed by atoms with Gasteiger partial charge in [0.15, 0.2) is 0 Å². The Morgan fingerprint density at radius 3 is 2.59 bits per heavy atom. The quantitative estimate of drug-likeness (QED) is 0.914. The molecule has 0 amide bonds. The highest BCUT2D eigenvalue weighted by Gasteiger charge is 2.11. The van der Waals surface area contributed by atoms with Crippen molar-refractivity contribution in [2.75, 3.05) is 0 Å². The van der Waals surface area contributed by atoms with Crippen LogP contribution in [0.3, 0.4) is 0 Å². The van der Waals surface area contributed by atoms with Gasteiger partial charge in [-0.2, -0.15) is 0 Å². The van der Waals surface area contributed by atoms with Gasteiger partial charge in [0.1, 0.15) is 5.82 Å². The van der Waals surface area contributed by atoms with E-state index in [0.717, 1.165) is 10.0 Å². The second-order valence-corrected chi connectivity index (χ2v) is 4.88. The standard InChI is InChI=1S/C14H13BrFN/c15-11-5-3-4-10(8-11)9-14(17)12-6-1-2-7-13(12)16/h1-8,14H,9,17H2. The summed E-state index contributed by atoms with van der Waals surface area (Å²) in [5.41, 5.74) is 7.68. The van der Waals surface area contributed by atoms with Crippen LogP contribution in [0.2, 0.25) is 0 Å². The summed E-state index contributed by atoms with van der Waals surface area (Å²) in [6.45, 7) is 0. The maximum absolute atomic E-state index is 13.5. The molecule has 1 nitrogen and oxygen atoms in total. The normalized spacial score (nSPS) is 12.4. The van der Waals surface area contributed by atoms with E-state index in [0.29, 0.717) is 12.0 Å². The Labute approximate surface area is 109 Å². The van der Waals surface area contributed by atoms with Crippen molar-refractivity contribution in [3.63, 3.8) is 0 Å².